The molecule has 0 aliphatic carbocycles. The number of benzene rings is 2. The first-order valence-electron chi connectivity index (χ1n) is 10.6. The van der Waals surface area contributed by atoms with E-state index in [-0.39, 0.29) is 36.2 Å². The average Bonchev–Trinajstić information content (AvgIpc) is 3.35. The molecule has 0 saturated carbocycles. The van der Waals surface area contributed by atoms with E-state index < -0.39 is 17.4 Å². The van der Waals surface area contributed by atoms with E-state index >= 15 is 0 Å². The molecule has 2 N–H and O–H groups in total. The van der Waals surface area contributed by atoms with Gasteiger partial charge in [-0.05, 0) is 17.5 Å². The topological polar surface area (TPSA) is 78.5 Å². The Hall–Kier alpha value is -2.99. The lowest BCUT2D eigenvalue weighted by atomic mass is 9.75. The van der Waals surface area contributed by atoms with Crippen molar-refractivity contribution in [3.63, 3.8) is 0 Å². The molecule has 3 aliphatic rings. The Bertz CT molecular complexity index is 1040. The molecule has 2 aromatic carbocycles. The van der Waals surface area contributed by atoms with E-state index in [1.807, 2.05) is 54.6 Å². The Morgan fingerprint density at radius 1 is 1.00 bits per heavy atom. The third-order valence-corrected chi connectivity index (χ3v) is 7.09. The van der Waals surface area contributed by atoms with Crippen LogP contribution in [-0.4, -0.2) is 28.7 Å². The number of carbonyl (C=O) groups is 3. The second-order valence-electron chi connectivity index (χ2n) is 8.62. The summed E-state index contributed by atoms with van der Waals surface area (Å²) in [6, 6.07) is 16.7. The van der Waals surface area contributed by atoms with Crippen molar-refractivity contribution in [3.05, 3.63) is 65.7 Å². The molecule has 154 valence electrons. The number of hydrogen-bond acceptors (Lipinski definition) is 4. The van der Waals surface area contributed by atoms with Gasteiger partial charge in [0.25, 0.3) is 0 Å². The number of hydrogen-bond donors (Lipinski definition) is 2. The lowest BCUT2D eigenvalue weighted by Crippen LogP contribution is -2.54. The zero-order chi connectivity index (χ0) is 21.0. The summed E-state index contributed by atoms with van der Waals surface area (Å²) in [6.07, 6.45) is 0.848. The summed E-state index contributed by atoms with van der Waals surface area (Å²) >= 11 is 0. The van der Waals surface area contributed by atoms with Gasteiger partial charge in [0.2, 0.25) is 17.7 Å². The zero-order valence-electron chi connectivity index (χ0n) is 17.1. The molecule has 1 spiro atoms. The van der Waals surface area contributed by atoms with Crippen molar-refractivity contribution in [3.8, 4) is 0 Å². The maximum absolute atomic E-state index is 13.7. The molecule has 0 radical (unpaired) electrons. The molecule has 6 nitrogen and oxygen atoms in total. The van der Waals surface area contributed by atoms with Crippen LogP contribution in [-0.2, 0) is 26.5 Å². The Morgan fingerprint density at radius 3 is 2.43 bits per heavy atom. The van der Waals surface area contributed by atoms with E-state index in [9.17, 15) is 14.4 Å². The Morgan fingerprint density at radius 2 is 1.70 bits per heavy atom. The highest BCUT2D eigenvalue weighted by molar-refractivity contribution is 6.15. The van der Waals surface area contributed by atoms with E-state index in [4.69, 9.17) is 0 Å². The van der Waals surface area contributed by atoms with Crippen LogP contribution in [0.5, 0.6) is 0 Å². The van der Waals surface area contributed by atoms with Crippen molar-refractivity contribution in [2.24, 2.45) is 17.8 Å². The lowest BCUT2D eigenvalue weighted by Gasteiger charge is -2.30. The van der Waals surface area contributed by atoms with Crippen LogP contribution in [0.15, 0.2) is 54.6 Å². The van der Waals surface area contributed by atoms with Gasteiger partial charge in [0.05, 0.1) is 18.4 Å². The number of anilines is 1. The second-order valence-corrected chi connectivity index (χ2v) is 8.62. The van der Waals surface area contributed by atoms with Crippen LogP contribution in [0.4, 0.5) is 5.69 Å². The molecule has 2 aromatic rings. The molecule has 0 unspecified atom stereocenters. The summed E-state index contributed by atoms with van der Waals surface area (Å²) in [7, 11) is 0. The van der Waals surface area contributed by atoms with Gasteiger partial charge in [0.1, 0.15) is 5.54 Å². The molecule has 5 atom stereocenters. The zero-order valence-corrected chi connectivity index (χ0v) is 17.1. The van der Waals surface area contributed by atoms with Crippen LogP contribution in [0.2, 0.25) is 0 Å². The Labute approximate surface area is 175 Å². The first-order chi connectivity index (χ1) is 14.5. The third-order valence-electron chi connectivity index (χ3n) is 7.09. The first kappa shape index (κ1) is 19.0. The van der Waals surface area contributed by atoms with Crippen molar-refractivity contribution in [2.45, 2.75) is 38.4 Å². The SMILES string of the molecule is CC[C@H](C)[C@H]1N[C@@]2(C(=O)Nc3ccccc32)[C@@H]2C(=O)N(Cc3ccccc3)C(=O)[C@H]12. The van der Waals surface area contributed by atoms with Crippen LogP contribution in [0.25, 0.3) is 0 Å². The van der Waals surface area contributed by atoms with Crippen molar-refractivity contribution in [1.29, 1.82) is 0 Å². The summed E-state index contributed by atoms with van der Waals surface area (Å²) in [5.74, 6) is -1.83. The monoisotopic (exact) mass is 403 g/mol. The molecule has 30 heavy (non-hydrogen) atoms. The molecule has 3 aliphatic heterocycles. The smallest absolute Gasteiger partial charge is 0.250 e. The number of likely N-dealkylation sites (tertiary alicyclic amines) is 1. The Kier molecular flexibility index (Phi) is 4.29. The fourth-order valence-electron chi connectivity index (χ4n) is 5.41. The molecule has 3 heterocycles. The summed E-state index contributed by atoms with van der Waals surface area (Å²) < 4.78 is 0. The first-order valence-corrected chi connectivity index (χ1v) is 10.6. The minimum absolute atomic E-state index is 0.144. The maximum atomic E-state index is 13.7. The number of fused-ring (bicyclic) bond motifs is 4. The van der Waals surface area contributed by atoms with Gasteiger partial charge in [-0.1, -0.05) is 68.8 Å². The fraction of sp³-hybridized carbons (Fsp3) is 0.375. The number of para-hydroxylation sites is 1. The highest BCUT2D eigenvalue weighted by atomic mass is 16.2. The molecule has 2 saturated heterocycles. The third kappa shape index (κ3) is 2.43. The minimum Gasteiger partial charge on any atom is -0.324 e. The summed E-state index contributed by atoms with van der Waals surface area (Å²) in [6.45, 7) is 4.38. The predicted octanol–water partition coefficient (Wildman–Crippen LogP) is 2.65. The molecular weight excluding hydrogens is 378 g/mol. The highest BCUT2D eigenvalue weighted by Crippen LogP contribution is 2.54. The van der Waals surface area contributed by atoms with Crippen LogP contribution < -0.4 is 10.6 Å². The van der Waals surface area contributed by atoms with E-state index in [0.29, 0.717) is 5.69 Å². The summed E-state index contributed by atoms with van der Waals surface area (Å²) in [5, 5.41) is 6.43. The van der Waals surface area contributed by atoms with Crippen molar-refractivity contribution < 1.29 is 14.4 Å². The molecule has 3 amide bonds. The van der Waals surface area contributed by atoms with E-state index in [1.54, 1.807) is 0 Å². The molecule has 0 aromatic heterocycles. The van der Waals surface area contributed by atoms with Crippen LogP contribution >= 0.6 is 0 Å². The maximum Gasteiger partial charge on any atom is 0.250 e. The Balaban J connectivity index is 1.62. The highest BCUT2D eigenvalue weighted by Gasteiger charge is 2.70. The van der Waals surface area contributed by atoms with E-state index in [1.165, 1.54) is 4.90 Å². The molecule has 2 fully saturated rings. The standard InChI is InChI=1S/C24H25N3O3/c1-3-14(2)20-18-19(22(29)27(21(18)28)13-15-9-5-4-6-10-15)24(26-20)16-11-7-8-12-17(16)25-23(24)30/h4-12,14,18-20,26H,3,13H2,1-2H3,(H,25,30)/t14-,18-,19-,20+,24+/m0/s1. The van der Waals surface area contributed by atoms with Gasteiger partial charge in [0, 0.05) is 17.3 Å². The average molecular weight is 403 g/mol. The minimum atomic E-state index is -1.20. The lowest BCUT2D eigenvalue weighted by molar-refractivity contribution is -0.143. The quantitative estimate of drug-likeness (QED) is 0.770. The number of nitrogens with one attached hydrogen (secondary N) is 2. The normalized spacial score (nSPS) is 30.5. The molecular formula is C24H25N3O3. The van der Waals surface area contributed by atoms with Gasteiger partial charge in [-0.15, -0.1) is 0 Å². The van der Waals surface area contributed by atoms with Gasteiger partial charge in [-0.2, -0.15) is 0 Å². The van der Waals surface area contributed by atoms with Gasteiger partial charge < -0.3 is 5.32 Å². The predicted molar refractivity (Wildman–Crippen MR) is 112 cm³/mol. The van der Waals surface area contributed by atoms with Crippen LogP contribution in [0.1, 0.15) is 31.4 Å². The second kappa shape index (κ2) is 6.77. The van der Waals surface area contributed by atoms with Gasteiger partial charge in [0.15, 0.2) is 0 Å². The van der Waals surface area contributed by atoms with E-state index in [2.05, 4.69) is 24.5 Å². The van der Waals surface area contributed by atoms with Crippen LogP contribution in [0, 0.1) is 17.8 Å². The fourth-order valence-corrected chi connectivity index (χ4v) is 5.41. The number of carbonyl (C=O) groups excluding carboxylic acids is 3. The molecule has 5 rings (SSSR count). The van der Waals surface area contributed by atoms with Crippen molar-refractivity contribution in [2.75, 3.05) is 5.32 Å². The van der Waals surface area contributed by atoms with Gasteiger partial charge >= 0.3 is 0 Å². The number of nitrogens with zero attached hydrogens (tertiary/aromatic N) is 1. The molecule has 0 bridgehead atoms. The molecule has 6 heteroatoms. The number of imide groups is 1. The largest absolute Gasteiger partial charge is 0.324 e. The summed E-state index contributed by atoms with van der Waals surface area (Å²) in [5.41, 5.74) is 1.17. The van der Waals surface area contributed by atoms with Crippen LogP contribution in [0.3, 0.4) is 0 Å². The number of rotatable bonds is 4. The van der Waals surface area contributed by atoms with E-state index in [0.717, 1.165) is 17.5 Å². The van der Waals surface area contributed by atoms with Gasteiger partial charge in [-0.25, -0.2) is 0 Å². The number of amides is 3. The summed E-state index contributed by atoms with van der Waals surface area (Å²) in [4.78, 5) is 41.9. The van der Waals surface area contributed by atoms with Crippen molar-refractivity contribution >= 4 is 23.4 Å². The van der Waals surface area contributed by atoms with Gasteiger partial charge in [-0.3, -0.25) is 24.6 Å². The van der Waals surface area contributed by atoms with Crippen molar-refractivity contribution in [1.82, 2.24) is 10.2 Å².